The summed E-state index contributed by atoms with van der Waals surface area (Å²) in [4.78, 5) is 37.6. The number of hydrogen-bond donors (Lipinski definition) is 1. The zero-order chi connectivity index (χ0) is 22.6. The first-order valence-electron chi connectivity index (χ1n) is 10.5. The standard InChI is InChI=1S/C24H29NO5Si/c1-24(2,3)31(19-10-6-4-7-11-19,20-12-8-5-9-13-20)30-21-14-15-25(23(28)29)16-18(17-26)22(21)27/h4-13,17-18,21H,14-16H2,1-3H3,(H,28,29). The molecule has 6 nitrogen and oxygen atoms in total. The normalized spacial score (nSPS) is 20.2. The van der Waals surface area contributed by atoms with Crippen molar-refractivity contribution in [2.45, 2.75) is 38.3 Å². The van der Waals surface area contributed by atoms with Gasteiger partial charge in [-0.25, -0.2) is 4.79 Å². The molecular weight excluding hydrogens is 410 g/mol. The van der Waals surface area contributed by atoms with Crippen molar-refractivity contribution < 1.29 is 23.9 Å². The minimum atomic E-state index is -3.00. The van der Waals surface area contributed by atoms with Crippen LogP contribution in [0, 0.1) is 5.92 Å². The Kier molecular flexibility index (Phi) is 6.76. The third-order valence-corrected chi connectivity index (χ3v) is 11.0. The summed E-state index contributed by atoms with van der Waals surface area (Å²) in [6.07, 6.45) is -1.22. The van der Waals surface area contributed by atoms with E-state index < -0.39 is 26.4 Å². The topological polar surface area (TPSA) is 83.9 Å². The second kappa shape index (κ2) is 9.16. The average Bonchev–Trinajstić information content (AvgIpc) is 2.91. The van der Waals surface area contributed by atoms with Crippen molar-refractivity contribution in [2.75, 3.05) is 13.1 Å². The fourth-order valence-corrected chi connectivity index (χ4v) is 9.05. The molecule has 0 spiro atoms. The lowest BCUT2D eigenvalue weighted by atomic mass is 10.0. The number of likely N-dealkylation sites (tertiary alicyclic amines) is 1. The molecule has 2 unspecified atom stereocenters. The molecule has 3 rings (SSSR count). The summed E-state index contributed by atoms with van der Waals surface area (Å²) in [5.74, 6) is -1.37. The smallest absolute Gasteiger partial charge is 0.407 e. The maximum atomic E-state index is 13.3. The molecule has 2 aromatic rings. The lowest BCUT2D eigenvalue weighted by Gasteiger charge is -2.45. The number of Topliss-reactive ketones (excluding diaryl/α,β-unsaturated/α-hetero) is 1. The predicted molar refractivity (Wildman–Crippen MR) is 121 cm³/mol. The van der Waals surface area contributed by atoms with E-state index in [0.717, 1.165) is 15.3 Å². The monoisotopic (exact) mass is 439 g/mol. The highest BCUT2D eigenvalue weighted by Gasteiger charge is 2.53. The number of amides is 1. The van der Waals surface area contributed by atoms with Crippen LogP contribution in [0.25, 0.3) is 0 Å². The highest BCUT2D eigenvalue weighted by molar-refractivity contribution is 6.99. The van der Waals surface area contributed by atoms with Gasteiger partial charge in [0.25, 0.3) is 8.32 Å². The highest BCUT2D eigenvalue weighted by atomic mass is 28.4. The Morgan fingerprint density at radius 2 is 1.58 bits per heavy atom. The minimum absolute atomic E-state index is 0.127. The molecule has 31 heavy (non-hydrogen) atoms. The van der Waals surface area contributed by atoms with Gasteiger partial charge in [0.15, 0.2) is 5.78 Å². The average molecular weight is 440 g/mol. The van der Waals surface area contributed by atoms with Crippen LogP contribution >= 0.6 is 0 Å². The quantitative estimate of drug-likeness (QED) is 0.440. The van der Waals surface area contributed by atoms with Gasteiger partial charge in [0.1, 0.15) is 12.4 Å². The zero-order valence-corrected chi connectivity index (χ0v) is 19.2. The minimum Gasteiger partial charge on any atom is -0.465 e. The number of benzene rings is 2. The molecule has 0 aromatic heterocycles. The van der Waals surface area contributed by atoms with Crippen LogP contribution in [0.4, 0.5) is 4.79 Å². The first-order chi connectivity index (χ1) is 14.7. The zero-order valence-electron chi connectivity index (χ0n) is 18.2. The van der Waals surface area contributed by atoms with E-state index in [1.807, 2.05) is 60.7 Å². The van der Waals surface area contributed by atoms with Gasteiger partial charge in [-0.2, -0.15) is 0 Å². The second-order valence-corrected chi connectivity index (χ2v) is 13.2. The molecule has 1 fully saturated rings. The number of aldehydes is 1. The Bertz CT molecular complexity index is 886. The van der Waals surface area contributed by atoms with E-state index in [1.54, 1.807) is 0 Å². The summed E-state index contributed by atoms with van der Waals surface area (Å²) in [5, 5.41) is 11.2. The van der Waals surface area contributed by atoms with E-state index in [-0.39, 0.29) is 30.3 Å². The van der Waals surface area contributed by atoms with Crippen molar-refractivity contribution in [1.29, 1.82) is 0 Å². The summed E-state index contributed by atoms with van der Waals surface area (Å²) in [6.45, 7) is 6.36. The Morgan fingerprint density at radius 3 is 2.00 bits per heavy atom. The number of carbonyl (C=O) groups excluding carboxylic acids is 2. The Balaban J connectivity index is 2.13. The van der Waals surface area contributed by atoms with Gasteiger partial charge in [0.05, 0.1) is 5.92 Å². The van der Waals surface area contributed by atoms with E-state index in [9.17, 15) is 19.5 Å². The Hall–Kier alpha value is -2.77. The van der Waals surface area contributed by atoms with E-state index >= 15 is 0 Å². The van der Waals surface area contributed by atoms with Crippen molar-refractivity contribution in [2.24, 2.45) is 5.92 Å². The molecule has 1 amide bonds. The van der Waals surface area contributed by atoms with Crippen molar-refractivity contribution in [3.63, 3.8) is 0 Å². The SMILES string of the molecule is CC(C)(C)[Si](OC1CCN(C(=O)O)CC(C=O)C1=O)(c1ccccc1)c1ccccc1. The van der Waals surface area contributed by atoms with E-state index in [4.69, 9.17) is 4.43 Å². The summed E-state index contributed by atoms with van der Waals surface area (Å²) >= 11 is 0. The lowest BCUT2D eigenvalue weighted by molar-refractivity contribution is -0.132. The van der Waals surface area contributed by atoms with Crippen LogP contribution in [0.1, 0.15) is 27.2 Å². The van der Waals surface area contributed by atoms with Crippen LogP contribution in [-0.4, -0.2) is 55.7 Å². The van der Waals surface area contributed by atoms with Crippen molar-refractivity contribution in [3.05, 3.63) is 60.7 Å². The first-order valence-corrected chi connectivity index (χ1v) is 12.4. The third kappa shape index (κ3) is 4.47. The summed E-state index contributed by atoms with van der Waals surface area (Å²) in [5.41, 5.74) is 0. The van der Waals surface area contributed by atoms with Gasteiger partial charge in [-0.15, -0.1) is 0 Å². The predicted octanol–water partition coefficient (Wildman–Crippen LogP) is 2.70. The second-order valence-electron chi connectivity index (χ2n) is 8.93. The van der Waals surface area contributed by atoms with E-state index in [2.05, 4.69) is 20.8 Å². The maximum Gasteiger partial charge on any atom is 0.407 e. The molecule has 1 saturated heterocycles. The molecular formula is C24H29NO5Si. The molecule has 0 radical (unpaired) electrons. The lowest BCUT2D eigenvalue weighted by Crippen LogP contribution is -2.68. The van der Waals surface area contributed by atoms with Crippen LogP contribution in [0.3, 0.4) is 0 Å². The molecule has 1 N–H and O–H groups in total. The number of carboxylic acid groups (broad SMARTS) is 1. The third-order valence-electron chi connectivity index (χ3n) is 5.93. The van der Waals surface area contributed by atoms with Crippen LogP contribution in [0.5, 0.6) is 0 Å². The Labute approximate surface area is 184 Å². The maximum absolute atomic E-state index is 13.3. The summed E-state index contributed by atoms with van der Waals surface area (Å²) < 4.78 is 6.88. The number of hydrogen-bond acceptors (Lipinski definition) is 4. The van der Waals surface area contributed by atoms with Crippen molar-refractivity contribution >= 4 is 36.9 Å². The number of ketones is 1. The van der Waals surface area contributed by atoms with Gasteiger partial charge in [-0.1, -0.05) is 81.4 Å². The van der Waals surface area contributed by atoms with Gasteiger partial charge in [-0.3, -0.25) is 4.79 Å². The molecule has 0 aliphatic carbocycles. The van der Waals surface area contributed by atoms with Crippen LogP contribution < -0.4 is 10.4 Å². The van der Waals surface area contributed by atoms with E-state index in [1.165, 1.54) is 0 Å². The van der Waals surface area contributed by atoms with Gasteiger partial charge in [-0.05, 0) is 21.8 Å². The van der Waals surface area contributed by atoms with Gasteiger partial charge >= 0.3 is 6.09 Å². The fraction of sp³-hybridized carbons (Fsp3) is 0.375. The number of rotatable bonds is 5. The molecule has 0 saturated carbocycles. The molecule has 1 aliphatic heterocycles. The van der Waals surface area contributed by atoms with Crippen LogP contribution in [-0.2, 0) is 14.0 Å². The summed E-state index contributed by atoms with van der Waals surface area (Å²) in [6, 6.07) is 19.9. The molecule has 2 atom stereocenters. The van der Waals surface area contributed by atoms with Gasteiger partial charge in [0, 0.05) is 13.1 Å². The first kappa shape index (κ1) is 22.9. The molecule has 1 heterocycles. The van der Waals surface area contributed by atoms with Gasteiger partial charge < -0.3 is 19.2 Å². The molecule has 0 bridgehead atoms. The molecule has 1 aliphatic rings. The number of nitrogens with zero attached hydrogens (tertiary/aromatic N) is 1. The number of carbonyl (C=O) groups is 3. The Morgan fingerprint density at radius 1 is 1.06 bits per heavy atom. The van der Waals surface area contributed by atoms with Crippen molar-refractivity contribution in [1.82, 2.24) is 4.90 Å². The fourth-order valence-electron chi connectivity index (χ4n) is 4.38. The molecule has 164 valence electrons. The molecule has 2 aromatic carbocycles. The van der Waals surface area contributed by atoms with Crippen LogP contribution in [0.2, 0.25) is 5.04 Å². The molecule has 7 heteroatoms. The van der Waals surface area contributed by atoms with E-state index in [0.29, 0.717) is 6.29 Å². The van der Waals surface area contributed by atoms with Crippen molar-refractivity contribution in [3.8, 4) is 0 Å². The largest absolute Gasteiger partial charge is 0.465 e. The van der Waals surface area contributed by atoms with Gasteiger partial charge in [0.2, 0.25) is 0 Å². The highest BCUT2D eigenvalue weighted by Crippen LogP contribution is 2.38. The summed E-state index contributed by atoms with van der Waals surface area (Å²) in [7, 11) is -3.00. The van der Waals surface area contributed by atoms with Crippen LogP contribution in [0.15, 0.2) is 60.7 Å².